The summed E-state index contributed by atoms with van der Waals surface area (Å²) in [5.74, 6) is -1.39. The number of nitrogens with one attached hydrogen (secondary N) is 1. The molecule has 0 spiro atoms. The van der Waals surface area contributed by atoms with Crippen LogP contribution in [0.1, 0.15) is 24.3 Å². The number of hydrogen-bond donors (Lipinski definition) is 2. The van der Waals surface area contributed by atoms with Crippen molar-refractivity contribution in [1.29, 1.82) is 0 Å². The van der Waals surface area contributed by atoms with Crippen LogP contribution in [0.4, 0.5) is 0 Å². The Morgan fingerprint density at radius 2 is 2.22 bits per heavy atom. The maximum Gasteiger partial charge on any atom is 0.358 e. The van der Waals surface area contributed by atoms with Crippen molar-refractivity contribution in [2.75, 3.05) is 12.8 Å². The maximum absolute atomic E-state index is 11.6. The fraction of sp³-hybridized carbons (Fsp3) is 0.600. The molecule has 0 aliphatic heterocycles. The number of carboxylic acids is 1. The van der Waals surface area contributed by atoms with Gasteiger partial charge in [-0.25, -0.2) is 9.48 Å². The van der Waals surface area contributed by atoms with Gasteiger partial charge in [0.15, 0.2) is 5.69 Å². The summed E-state index contributed by atoms with van der Waals surface area (Å²) in [5, 5.41) is 18.4. The molecule has 0 bridgehead atoms. The van der Waals surface area contributed by atoms with Gasteiger partial charge in [-0.1, -0.05) is 5.21 Å². The van der Waals surface area contributed by atoms with E-state index in [0.717, 1.165) is 0 Å². The highest BCUT2D eigenvalue weighted by Crippen LogP contribution is 2.19. The van der Waals surface area contributed by atoms with E-state index >= 15 is 0 Å². The fourth-order valence-corrected chi connectivity index (χ4v) is 1.28. The third kappa shape index (κ3) is 4.36. The molecular weight excluding hydrogens is 256 g/mol. The lowest BCUT2D eigenvalue weighted by atomic mass is 10.2. The summed E-state index contributed by atoms with van der Waals surface area (Å²) in [6.45, 7) is 4.55. The van der Waals surface area contributed by atoms with Gasteiger partial charge in [-0.2, -0.15) is 11.8 Å². The predicted octanol–water partition coefficient (Wildman–Crippen LogP) is 0.234. The number of hydrogen-bond acceptors (Lipinski definition) is 5. The van der Waals surface area contributed by atoms with Crippen molar-refractivity contribution < 1.29 is 14.7 Å². The molecule has 1 heterocycles. The van der Waals surface area contributed by atoms with Gasteiger partial charge in [-0.05, 0) is 20.1 Å². The van der Waals surface area contributed by atoms with Crippen molar-refractivity contribution in [3.05, 3.63) is 11.9 Å². The molecule has 0 atom stereocenters. The number of carbonyl (C=O) groups is 2. The van der Waals surface area contributed by atoms with Gasteiger partial charge in [-0.15, -0.1) is 5.10 Å². The minimum atomic E-state index is -1.16. The first kappa shape index (κ1) is 14.5. The van der Waals surface area contributed by atoms with Crippen LogP contribution in [0, 0.1) is 0 Å². The van der Waals surface area contributed by atoms with Gasteiger partial charge in [0.25, 0.3) is 0 Å². The standard InChI is InChI=1S/C10H16N4O3S/c1-10(2,18-3)6-11-8(15)5-14-4-7(9(16)17)12-13-14/h4H,5-6H2,1-3H3,(H,11,15)(H,16,17). The Hall–Kier alpha value is -1.57. The van der Waals surface area contributed by atoms with Crippen molar-refractivity contribution in [2.24, 2.45) is 0 Å². The van der Waals surface area contributed by atoms with E-state index in [1.165, 1.54) is 10.9 Å². The molecular formula is C10H16N4O3S. The van der Waals surface area contributed by atoms with Crippen LogP contribution in [-0.4, -0.2) is 49.5 Å². The number of aromatic nitrogens is 3. The number of carbonyl (C=O) groups excluding carboxylic acids is 1. The Balaban J connectivity index is 2.47. The molecule has 1 aromatic rings. The van der Waals surface area contributed by atoms with Gasteiger partial charge in [0.1, 0.15) is 6.54 Å². The molecule has 0 saturated heterocycles. The van der Waals surface area contributed by atoms with Crippen LogP contribution in [0.25, 0.3) is 0 Å². The number of amides is 1. The van der Waals surface area contributed by atoms with Crippen LogP contribution in [0.3, 0.4) is 0 Å². The summed E-state index contributed by atoms with van der Waals surface area (Å²) >= 11 is 1.66. The average molecular weight is 272 g/mol. The second-order valence-electron chi connectivity index (χ2n) is 4.35. The summed E-state index contributed by atoms with van der Waals surface area (Å²) in [6.07, 6.45) is 3.20. The molecule has 7 nitrogen and oxygen atoms in total. The van der Waals surface area contributed by atoms with Crippen LogP contribution in [0.15, 0.2) is 6.20 Å². The quantitative estimate of drug-likeness (QED) is 0.769. The van der Waals surface area contributed by atoms with Crippen LogP contribution >= 0.6 is 11.8 Å². The van der Waals surface area contributed by atoms with Gasteiger partial charge < -0.3 is 10.4 Å². The molecule has 1 rings (SSSR count). The topological polar surface area (TPSA) is 97.1 Å². The van der Waals surface area contributed by atoms with E-state index in [2.05, 4.69) is 15.6 Å². The highest BCUT2D eigenvalue weighted by atomic mass is 32.2. The van der Waals surface area contributed by atoms with Gasteiger partial charge in [-0.3, -0.25) is 4.79 Å². The first-order valence-corrected chi connectivity index (χ1v) is 6.52. The molecule has 0 radical (unpaired) electrons. The van der Waals surface area contributed by atoms with E-state index < -0.39 is 5.97 Å². The van der Waals surface area contributed by atoms with Crippen molar-refractivity contribution >= 4 is 23.6 Å². The van der Waals surface area contributed by atoms with Crippen molar-refractivity contribution in [3.8, 4) is 0 Å². The molecule has 18 heavy (non-hydrogen) atoms. The monoisotopic (exact) mass is 272 g/mol. The van der Waals surface area contributed by atoms with Crippen LogP contribution in [0.2, 0.25) is 0 Å². The molecule has 8 heteroatoms. The third-order valence-corrected chi connectivity index (χ3v) is 3.58. The largest absolute Gasteiger partial charge is 0.476 e. The predicted molar refractivity (Wildman–Crippen MR) is 67.6 cm³/mol. The van der Waals surface area contributed by atoms with Crippen molar-refractivity contribution in [3.63, 3.8) is 0 Å². The van der Waals surface area contributed by atoms with E-state index in [-0.39, 0.29) is 22.9 Å². The second-order valence-corrected chi connectivity index (χ2v) is 5.86. The van der Waals surface area contributed by atoms with Gasteiger partial charge >= 0.3 is 5.97 Å². The van der Waals surface area contributed by atoms with Crippen molar-refractivity contribution in [1.82, 2.24) is 20.3 Å². The average Bonchev–Trinajstić information content (AvgIpc) is 2.75. The molecule has 1 amide bonds. The van der Waals surface area contributed by atoms with Crippen LogP contribution < -0.4 is 5.32 Å². The molecule has 2 N–H and O–H groups in total. The summed E-state index contributed by atoms with van der Waals surface area (Å²) in [4.78, 5) is 22.2. The van der Waals surface area contributed by atoms with Crippen molar-refractivity contribution in [2.45, 2.75) is 25.1 Å². The normalized spacial score (nSPS) is 11.3. The van der Waals surface area contributed by atoms with E-state index in [4.69, 9.17) is 5.11 Å². The van der Waals surface area contributed by atoms with Crippen LogP contribution in [0.5, 0.6) is 0 Å². The first-order chi connectivity index (χ1) is 8.34. The number of rotatable bonds is 6. The zero-order chi connectivity index (χ0) is 13.8. The van der Waals surface area contributed by atoms with Gasteiger partial charge in [0.2, 0.25) is 5.91 Å². The molecule has 0 aliphatic rings. The molecule has 0 unspecified atom stereocenters. The zero-order valence-electron chi connectivity index (χ0n) is 10.5. The smallest absolute Gasteiger partial charge is 0.358 e. The Bertz CT molecular complexity index is 444. The summed E-state index contributed by atoms with van der Waals surface area (Å²) in [5.41, 5.74) is -0.174. The zero-order valence-corrected chi connectivity index (χ0v) is 11.3. The Morgan fingerprint density at radius 3 is 2.72 bits per heavy atom. The van der Waals surface area contributed by atoms with E-state index in [1.807, 2.05) is 20.1 Å². The Labute approximate surface area is 109 Å². The second kappa shape index (κ2) is 5.85. The molecule has 0 fully saturated rings. The first-order valence-electron chi connectivity index (χ1n) is 5.29. The van der Waals surface area contributed by atoms with E-state index in [9.17, 15) is 9.59 Å². The lowest BCUT2D eigenvalue weighted by Crippen LogP contribution is -2.37. The lowest BCUT2D eigenvalue weighted by Gasteiger charge is -2.22. The molecule has 100 valence electrons. The highest BCUT2D eigenvalue weighted by Gasteiger charge is 2.17. The maximum atomic E-state index is 11.6. The minimum Gasteiger partial charge on any atom is -0.476 e. The lowest BCUT2D eigenvalue weighted by molar-refractivity contribution is -0.121. The van der Waals surface area contributed by atoms with Gasteiger partial charge in [0.05, 0.1) is 6.20 Å². The third-order valence-electron chi connectivity index (χ3n) is 2.33. The molecule has 1 aromatic heterocycles. The van der Waals surface area contributed by atoms with Gasteiger partial charge in [0, 0.05) is 11.3 Å². The number of nitrogens with zero attached hydrogens (tertiary/aromatic N) is 3. The Kier molecular flexibility index (Phi) is 4.71. The highest BCUT2D eigenvalue weighted by molar-refractivity contribution is 7.99. The Morgan fingerprint density at radius 1 is 1.56 bits per heavy atom. The number of thioether (sulfide) groups is 1. The number of carboxylic acid groups (broad SMARTS) is 1. The van der Waals surface area contributed by atoms with E-state index in [1.54, 1.807) is 11.8 Å². The summed E-state index contributed by atoms with van der Waals surface area (Å²) in [6, 6.07) is 0. The minimum absolute atomic E-state index is 0.0370. The molecule has 0 saturated carbocycles. The summed E-state index contributed by atoms with van der Waals surface area (Å²) in [7, 11) is 0. The fourth-order valence-electron chi connectivity index (χ4n) is 1.06. The molecule has 0 aliphatic carbocycles. The summed E-state index contributed by atoms with van der Waals surface area (Å²) < 4.78 is 1.16. The van der Waals surface area contributed by atoms with Crippen LogP contribution in [-0.2, 0) is 11.3 Å². The SMILES string of the molecule is CSC(C)(C)CNC(=O)Cn1cc(C(=O)O)nn1. The number of aromatic carboxylic acids is 1. The molecule has 0 aromatic carbocycles. The van der Waals surface area contributed by atoms with E-state index in [0.29, 0.717) is 6.54 Å².